The molecule has 6 heteroatoms. The average molecular weight is 304 g/mol. The van der Waals surface area contributed by atoms with Gasteiger partial charge in [0.25, 0.3) is 5.91 Å². The van der Waals surface area contributed by atoms with Gasteiger partial charge in [-0.3, -0.25) is 4.79 Å². The Morgan fingerprint density at radius 2 is 2.05 bits per heavy atom. The number of amides is 1. The molecule has 21 heavy (non-hydrogen) atoms. The van der Waals surface area contributed by atoms with Crippen LogP contribution in [-0.2, 0) is 0 Å². The SMILES string of the molecule is Cc1cc(O)ccc1C(=O)Nc1cccc(F)c1C(N)=S. The Labute approximate surface area is 126 Å². The zero-order valence-corrected chi connectivity index (χ0v) is 12.0. The third kappa shape index (κ3) is 3.17. The largest absolute Gasteiger partial charge is 0.508 e. The van der Waals surface area contributed by atoms with Gasteiger partial charge in [0.2, 0.25) is 0 Å². The smallest absolute Gasteiger partial charge is 0.255 e. The van der Waals surface area contributed by atoms with Crippen LogP contribution in [0.15, 0.2) is 36.4 Å². The number of nitrogens with two attached hydrogens (primary N) is 1. The number of rotatable bonds is 3. The maximum absolute atomic E-state index is 13.7. The van der Waals surface area contributed by atoms with E-state index in [9.17, 15) is 14.3 Å². The lowest BCUT2D eigenvalue weighted by molar-refractivity contribution is 0.102. The first-order valence-electron chi connectivity index (χ1n) is 6.09. The molecule has 0 aliphatic heterocycles. The number of anilines is 1. The fourth-order valence-electron chi connectivity index (χ4n) is 1.97. The quantitative estimate of drug-likeness (QED) is 0.762. The highest BCUT2D eigenvalue weighted by Crippen LogP contribution is 2.21. The van der Waals surface area contributed by atoms with E-state index in [2.05, 4.69) is 5.32 Å². The molecule has 0 saturated carbocycles. The summed E-state index contributed by atoms with van der Waals surface area (Å²) in [6, 6.07) is 8.55. The van der Waals surface area contributed by atoms with Crippen molar-refractivity contribution in [3.8, 4) is 5.75 Å². The second-order valence-electron chi connectivity index (χ2n) is 4.48. The molecule has 0 radical (unpaired) electrons. The molecule has 2 rings (SSSR count). The molecule has 0 bridgehead atoms. The lowest BCUT2D eigenvalue weighted by Gasteiger charge is -2.12. The van der Waals surface area contributed by atoms with Crippen molar-refractivity contribution in [3.63, 3.8) is 0 Å². The van der Waals surface area contributed by atoms with E-state index < -0.39 is 11.7 Å². The Morgan fingerprint density at radius 3 is 2.67 bits per heavy atom. The number of halogens is 1. The number of phenols is 1. The van der Waals surface area contributed by atoms with Gasteiger partial charge >= 0.3 is 0 Å². The van der Waals surface area contributed by atoms with Crippen LogP contribution in [-0.4, -0.2) is 16.0 Å². The first kappa shape index (κ1) is 14.9. The highest BCUT2D eigenvalue weighted by molar-refractivity contribution is 7.80. The minimum absolute atomic E-state index is 0.00252. The maximum Gasteiger partial charge on any atom is 0.255 e. The summed E-state index contributed by atoms with van der Waals surface area (Å²) in [6.07, 6.45) is 0. The standard InChI is InChI=1S/C15H13FN2O2S/c1-8-7-9(19)5-6-10(8)15(20)18-12-4-2-3-11(16)13(12)14(17)21/h2-7,19H,1H3,(H2,17,21)(H,18,20). The number of hydrogen-bond acceptors (Lipinski definition) is 3. The van der Waals surface area contributed by atoms with Crippen molar-refractivity contribution < 1.29 is 14.3 Å². The molecule has 2 aromatic rings. The number of phenolic OH excluding ortho intramolecular Hbond substituents is 1. The van der Waals surface area contributed by atoms with Crippen molar-refractivity contribution in [2.75, 3.05) is 5.32 Å². The van der Waals surface area contributed by atoms with Crippen LogP contribution in [0.3, 0.4) is 0 Å². The lowest BCUT2D eigenvalue weighted by Crippen LogP contribution is -2.19. The Morgan fingerprint density at radius 1 is 1.33 bits per heavy atom. The predicted octanol–water partition coefficient (Wildman–Crippen LogP) is 2.73. The molecule has 0 aliphatic rings. The molecule has 0 aliphatic carbocycles. The second kappa shape index (κ2) is 5.88. The Kier molecular flexibility index (Phi) is 4.18. The number of aryl methyl sites for hydroxylation is 1. The zero-order valence-electron chi connectivity index (χ0n) is 11.2. The number of hydrogen-bond donors (Lipinski definition) is 3. The van der Waals surface area contributed by atoms with Crippen LogP contribution in [0, 0.1) is 12.7 Å². The first-order valence-corrected chi connectivity index (χ1v) is 6.50. The molecule has 4 N–H and O–H groups in total. The van der Waals surface area contributed by atoms with Crippen LogP contribution >= 0.6 is 12.2 Å². The van der Waals surface area contributed by atoms with Gasteiger partial charge in [-0.2, -0.15) is 0 Å². The van der Waals surface area contributed by atoms with Crippen molar-refractivity contribution in [1.82, 2.24) is 0 Å². The molecule has 0 atom stereocenters. The van der Waals surface area contributed by atoms with E-state index in [1.165, 1.54) is 36.4 Å². The van der Waals surface area contributed by atoms with Crippen molar-refractivity contribution in [3.05, 3.63) is 58.9 Å². The molecule has 2 aromatic carbocycles. The van der Waals surface area contributed by atoms with Crippen molar-refractivity contribution in [1.29, 1.82) is 0 Å². The fourth-order valence-corrected chi connectivity index (χ4v) is 2.18. The summed E-state index contributed by atoms with van der Waals surface area (Å²) < 4.78 is 13.7. The summed E-state index contributed by atoms with van der Waals surface area (Å²) in [4.78, 5) is 12.1. The third-order valence-corrected chi connectivity index (χ3v) is 3.17. The topological polar surface area (TPSA) is 75.3 Å². The Hall–Kier alpha value is -2.47. The monoisotopic (exact) mass is 304 g/mol. The van der Waals surface area contributed by atoms with Gasteiger partial charge in [-0.1, -0.05) is 18.3 Å². The average Bonchev–Trinajstić information content (AvgIpc) is 2.37. The van der Waals surface area contributed by atoms with Crippen molar-refractivity contribution in [2.45, 2.75) is 6.92 Å². The molecule has 0 saturated heterocycles. The third-order valence-electron chi connectivity index (χ3n) is 2.96. The highest BCUT2D eigenvalue weighted by atomic mass is 32.1. The van der Waals surface area contributed by atoms with Crippen LogP contribution in [0.5, 0.6) is 5.75 Å². The van der Waals surface area contributed by atoms with Crippen LogP contribution < -0.4 is 11.1 Å². The van der Waals surface area contributed by atoms with E-state index in [1.54, 1.807) is 6.92 Å². The number of benzene rings is 2. The van der Waals surface area contributed by atoms with E-state index in [1.807, 2.05) is 0 Å². The van der Waals surface area contributed by atoms with Gasteiger partial charge in [0.05, 0.1) is 11.3 Å². The van der Waals surface area contributed by atoms with Crippen LogP contribution in [0.4, 0.5) is 10.1 Å². The summed E-state index contributed by atoms with van der Waals surface area (Å²) >= 11 is 4.80. The van der Waals surface area contributed by atoms with Gasteiger partial charge in [-0.05, 0) is 42.8 Å². The van der Waals surface area contributed by atoms with Gasteiger partial charge < -0.3 is 16.2 Å². The minimum atomic E-state index is -0.595. The normalized spacial score (nSPS) is 10.2. The highest BCUT2D eigenvalue weighted by Gasteiger charge is 2.15. The lowest BCUT2D eigenvalue weighted by atomic mass is 10.1. The van der Waals surface area contributed by atoms with E-state index in [-0.39, 0.29) is 22.0 Å². The van der Waals surface area contributed by atoms with E-state index in [0.29, 0.717) is 11.1 Å². The molecule has 1 amide bonds. The number of carbonyl (C=O) groups is 1. The van der Waals surface area contributed by atoms with Gasteiger partial charge in [0, 0.05) is 5.56 Å². The van der Waals surface area contributed by atoms with Gasteiger partial charge in [0.1, 0.15) is 16.6 Å². The van der Waals surface area contributed by atoms with Crippen LogP contribution in [0.25, 0.3) is 0 Å². The maximum atomic E-state index is 13.7. The first-order chi connectivity index (χ1) is 9.90. The van der Waals surface area contributed by atoms with Gasteiger partial charge in [-0.25, -0.2) is 4.39 Å². The van der Waals surface area contributed by atoms with Crippen LogP contribution in [0.2, 0.25) is 0 Å². The molecular formula is C15H13FN2O2S. The Bertz CT molecular complexity index is 732. The molecule has 4 nitrogen and oxygen atoms in total. The molecule has 0 spiro atoms. The predicted molar refractivity (Wildman–Crippen MR) is 83.1 cm³/mol. The molecule has 108 valence electrons. The number of nitrogens with one attached hydrogen (secondary N) is 1. The fraction of sp³-hybridized carbons (Fsp3) is 0.0667. The van der Waals surface area contributed by atoms with Crippen LogP contribution in [0.1, 0.15) is 21.5 Å². The summed E-state index contributed by atoms with van der Waals surface area (Å²) in [5.74, 6) is -0.961. The number of thiocarbonyl (C=S) groups is 1. The second-order valence-corrected chi connectivity index (χ2v) is 4.92. The number of aromatic hydroxyl groups is 1. The van der Waals surface area contributed by atoms with Gasteiger partial charge in [-0.15, -0.1) is 0 Å². The number of carbonyl (C=O) groups excluding carboxylic acids is 1. The summed E-state index contributed by atoms with van der Waals surface area (Å²) in [5, 5.41) is 11.9. The molecule has 0 heterocycles. The summed E-state index contributed by atoms with van der Waals surface area (Å²) in [7, 11) is 0. The zero-order chi connectivity index (χ0) is 15.6. The van der Waals surface area contributed by atoms with Gasteiger partial charge in [0.15, 0.2) is 0 Å². The minimum Gasteiger partial charge on any atom is -0.508 e. The van der Waals surface area contributed by atoms with Crippen molar-refractivity contribution >= 4 is 28.8 Å². The molecule has 0 unspecified atom stereocenters. The summed E-state index contributed by atoms with van der Waals surface area (Å²) in [5.41, 5.74) is 6.66. The van der Waals surface area contributed by atoms with E-state index >= 15 is 0 Å². The van der Waals surface area contributed by atoms with E-state index in [4.69, 9.17) is 18.0 Å². The molecule has 0 fully saturated rings. The molecule has 0 aromatic heterocycles. The Balaban J connectivity index is 2.36. The summed E-state index contributed by atoms with van der Waals surface area (Å²) in [6.45, 7) is 1.69. The molecular weight excluding hydrogens is 291 g/mol. The van der Waals surface area contributed by atoms with E-state index in [0.717, 1.165) is 0 Å². The van der Waals surface area contributed by atoms with Crippen molar-refractivity contribution in [2.24, 2.45) is 5.73 Å².